The smallest absolute Gasteiger partial charge is 0.337 e. The summed E-state index contributed by atoms with van der Waals surface area (Å²) in [4.78, 5) is 11.2. The number of halogens is 3. The number of methoxy groups -OCH3 is 1. The molecule has 0 spiro atoms. The predicted octanol–water partition coefficient (Wildman–Crippen LogP) is 3.56. The van der Waals surface area contributed by atoms with Crippen molar-refractivity contribution in [2.75, 3.05) is 7.11 Å². The Morgan fingerprint density at radius 2 is 1.63 bits per heavy atom. The second-order valence-corrected chi connectivity index (χ2v) is 3.84. The predicted molar refractivity (Wildman–Crippen MR) is 63.1 cm³/mol. The van der Waals surface area contributed by atoms with E-state index < -0.39 is 23.4 Å². The summed E-state index contributed by atoms with van der Waals surface area (Å²) in [7, 11) is 1.18. The average Bonchev–Trinajstić information content (AvgIpc) is 2.36. The lowest BCUT2D eigenvalue weighted by Gasteiger charge is -2.06. The fourth-order valence-electron chi connectivity index (χ4n) is 1.70. The van der Waals surface area contributed by atoms with Gasteiger partial charge in [-0.2, -0.15) is 0 Å². The Hall–Kier alpha value is -2.30. The van der Waals surface area contributed by atoms with Crippen molar-refractivity contribution in [3.8, 4) is 11.1 Å². The van der Waals surface area contributed by atoms with Crippen molar-refractivity contribution in [1.82, 2.24) is 0 Å². The van der Waals surface area contributed by atoms with E-state index in [0.29, 0.717) is 6.07 Å². The molecule has 0 saturated heterocycles. The van der Waals surface area contributed by atoms with Gasteiger partial charge in [0.05, 0.1) is 12.7 Å². The quantitative estimate of drug-likeness (QED) is 0.777. The van der Waals surface area contributed by atoms with E-state index in [1.165, 1.54) is 19.2 Å². The number of benzene rings is 2. The summed E-state index contributed by atoms with van der Waals surface area (Å²) in [5, 5.41) is 0. The molecule has 2 aromatic carbocycles. The summed E-state index contributed by atoms with van der Waals surface area (Å²) >= 11 is 0. The van der Waals surface area contributed by atoms with Crippen LogP contribution in [0.15, 0.2) is 36.4 Å². The first-order valence-corrected chi connectivity index (χ1v) is 5.35. The standard InChI is InChI=1S/C14H9F3O2/c1-19-14(18)8-2-3-12(13(17)6-8)9-4-10(15)7-11(16)5-9/h2-7H,1H3. The molecular formula is C14H9F3O2. The van der Waals surface area contributed by atoms with E-state index in [2.05, 4.69) is 4.74 Å². The highest BCUT2D eigenvalue weighted by molar-refractivity contribution is 5.90. The largest absolute Gasteiger partial charge is 0.465 e. The van der Waals surface area contributed by atoms with Gasteiger partial charge in [0, 0.05) is 11.6 Å². The van der Waals surface area contributed by atoms with Crippen LogP contribution in [0.4, 0.5) is 13.2 Å². The number of rotatable bonds is 2. The first kappa shape index (κ1) is 13.1. The lowest BCUT2D eigenvalue weighted by molar-refractivity contribution is 0.0600. The van der Waals surface area contributed by atoms with Gasteiger partial charge >= 0.3 is 5.97 Å². The fraction of sp³-hybridized carbons (Fsp3) is 0.0714. The molecule has 0 aliphatic carbocycles. The van der Waals surface area contributed by atoms with Crippen LogP contribution in [-0.2, 0) is 4.74 Å². The maximum atomic E-state index is 13.8. The van der Waals surface area contributed by atoms with Crippen LogP contribution in [0.3, 0.4) is 0 Å². The van der Waals surface area contributed by atoms with Gasteiger partial charge in [0.1, 0.15) is 17.5 Å². The molecule has 0 atom stereocenters. The molecule has 0 saturated carbocycles. The molecule has 0 fully saturated rings. The number of hydrogen-bond donors (Lipinski definition) is 0. The summed E-state index contributed by atoms with van der Waals surface area (Å²) in [6.45, 7) is 0. The lowest BCUT2D eigenvalue weighted by Crippen LogP contribution is -2.02. The van der Waals surface area contributed by atoms with Crippen LogP contribution in [0.5, 0.6) is 0 Å². The van der Waals surface area contributed by atoms with Crippen LogP contribution >= 0.6 is 0 Å². The van der Waals surface area contributed by atoms with E-state index in [0.717, 1.165) is 18.2 Å². The van der Waals surface area contributed by atoms with Crippen molar-refractivity contribution < 1.29 is 22.7 Å². The SMILES string of the molecule is COC(=O)c1ccc(-c2cc(F)cc(F)c2)c(F)c1. The van der Waals surface area contributed by atoms with E-state index in [1.54, 1.807) is 0 Å². The minimum atomic E-state index is -0.800. The third-order valence-electron chi connectivity index (χ3n) is 2.56. The van der Waals surface area contributed by atoms with E-state index in [1.807, 2.05) is 0 Å². The Labute approximate surface area is 107 Å². The van der Waals surface area contributed by atoms with Crippen LogP contribution in [0.25, 0.3) is 11.1 Å². The minimum absolute atomic E-state index is 0.00560. The molecule has 5 heteroatoms. The monoisotopic (exact) mass is 266 g/mol. The highest BCUT2D eigenvalue weighted by atomic mass is 19.1. The maximum Gasteiger partial charge on any atom is 0.337 e. The van der Waals surface area contributed by atoms with E-state index in [9.17, 15) is 18.0 Å². The van der Waals surface area contributed by atoms with Gasteiger partial charge in [0.2, 0.25) is 0 Å². The normalized spacial score (nSPS) is 10.3. The number of carbonyl (C=O) groups is 1. The maximum absolute atomic E-state index is 13.8. The van der Waals surface area contributed by atoms with Crippen molar-refractivity contribution in [3.05, 3.63) is 59.4 Å². The molecule has 0 aliphatic heterocycles. The van der Waals surface area contributed by atoms with Crippen molar-refractivity contribution in [2.24, 2.45) is 0 Å². The van der Waals surface area contributed by atoms with E-state index in [-0.39, 0.29) is 16.7 Å². The molecule has 0 radical (unpaired) electrons. The van der Waals surface area contributed by atoms with Gasteiger partial charge in [-0.25, -0.2) is 18.0 Å². The molecule has 0 N–H and O–H groups in total. The Bertz CT molecular complexity index is 618. The molecule has 0 aliphatic rings. The number of ether oxygens (including phenoxy) is 1. The summed E-state index contributed by atoms with van der Waals surface area (Å²) < 4.78 is 44.4. The first-order chi connectivity index (χ1) is 9.01. The summed E-state index contributed by atoms with van der Waals surface area (Å²) in [6.07, 6.45) is 0. The molecule has 0 aromatic heterocycles. The molecular weight excluding hydrogens is 257 g/mol. The van der Waals surface area contributed by atoms with Crippen molar-refractivity contribution in [1.29, 1.82) is 0 Å². The van der Waals surface area contributed by atoms with Crippen LogP contribution in [0.1, 0.15) is 10.4 Å². The van der Waals surface area contributed by atoms with E-state index in [4.69, 9.17) is 0 Å². The zero-order chi connectivity index (χ0) is 14.0. The van der Waals surface area contributed by atoms with Crippen molar-refractivity contribution >= 4 is 5.97 Å². The summed E-state index contributed by atoms with van der Waals surface area (Å²) in [6, 6.07) is 6.29. The topological polar surface area (TPSA) is 26.3 Å². The molecule has 2 rings (SSSR count). The van der Waals surface area contributed by atoms with Gasteiger partial charge in [0.15, 0.2) is 0 Å². The highest BCUT2D eigenvalue weighted by Crippen LogP contribution is 2.25. The van der Waals surface area contributed by atoms with Gasteiger partial charge < -0.3 is 4.74 Å². The lowest BCUT2D eigenvalue weighted by atomic mass is 10.0. The molecule has 2 aromatic rings. The van der Waals surface area contributed by atoms with Crippen molar-refractivity contribution in [2.45, 2.75) is 0 Å². The second-order valence-electron chi connectivity index (χ2n) is 3.84. The minimum Gasteiger partial charge on any atom is -0.465 e. The molecule has 98 valence electrons. The third-order valence-corrected chi connectivity index (χ3v) is 2.56. The Balaban J connectivity index is 2.49. The van der Waals surface area contributed by atoms with Crippen LogP contribution in [-0.4, -0.2) is 13.1 Å². The molecule has 2 nitrogen and oxygen atoms in total. The first-order valence-electron chi connectivity index (χ1n) is 5.35. The molecule has 0 amide bonds. The van der Waals surface area contributed by atoms with Crippen LogP contribution in [0, 0.1) is 17.5 Å². The average molecular weight is 266 g/mol. The second kappa shape index (κ2) is 5.14. The Morgan fingerprint density at radius 1 is 1.00 bits per heavy atom. The number of carbonyl (C=O) groups excluding carboxylic acids is 1. The van der Waals surface area contributed by atoms with Crippen LogP contribution < -0.4 is 0 Å². The number of esters is 1. The van der Waals surface area contributed by atoms with Gasteiger partial charge in [-0.1, -0.05) is 6.07 Å². The summed E-state index contributed by atoms with van der Waals surface area (Å²) in [5.74, 6) is -3.04. The zero-order valence-electron chi connectivity index (χ0n) is 9.91. The molecule has 0 unspecified atom stereocenters. The fourth-order valence-corrected chi connectivity index (χ4v) is 1.70. The number of hydrogen-bond acceptors (Lipinski definition) is 2. The Morgan fingerprint density at radius 3 is 2.16 bits per heavy atom. The highest BCUT2D eigenvalue weighted by Gasteiger charge is 2.12. The third kappa shape index (κ3) is 2.76. The summed E-state index contributed by atoms with van der Waals surface area (Å²) in [5.41, 5.74) is 0.0955. The Kier molecular flexibility index (Phi) is 3.55. The van der Waals surface area contributed by atoms with Gasteiger partial charge in [-0.3, -0.25) is 0 Å². The molecule has 19 heavy (non-hydrogen) atoms. The molecule has 0 heterocycles. The van der Waals surface area contributed by atoms with Gasteiger partial charge in [-0.05, 0) is 29.8 Å². The van der Waals surface area contributed by atoms with Gasteiger partial charge in [-0.15, -0.1) is 0 Å². The van der Waals surface area contributed by atoms with E-state index >= 15 is 0 Å². The van der Waals surface area contributed by atoms with Gasteiger partial charge in [0.25, 0.3) is 0 Å². The van der Waals surface area contributed by atoms with Crippen molar-refractivity contribution in [3.63, 3.8) is 0 Å². The van der Waals surface area contributed by atoms with Crippen LogP contribution in [0.2, 0.25) is 0 Å². The molecule has 0 bridgehead atoms. The zero-order valence-corrected chi connectivity index (χ0v) is 9.91.